The molecule has 4 rings (SSSR count). The number of hydrogen-bond acceptors (Lipinski definition) is 5. The van der Waals surface area contributed by atoms with E-state index in [4.69, 9.17) is 4.98 Å². The van der Waals surface area contributed by atoms with E-state index >= 15 is 0 Å². The Balaban J connectivity index is 1.31. The van der Waals surface area contributed by atoms with Crippen LogP contribution in [0.15, 0.2) is 66.7 Å². The van der Waals surface area contributed by atoms with Gasteiger partial charge in [-0.25, -0.2) is 4.98 Å². The van der Waals surface area contributed by atoms with Crippen LogP contribution in [0.5, 0.6) is 0 Å². The molecule has 2 heterocycles. The lowest BCUT2D eigenvalue weighted by atomic mass is 10.1. The number of aromatic nitrogens is 2. The van der Waals surface area contributed by atoms with E-state index in [9.17, 15) is 0 Å². The van der Waals surface area contributed by atoms with Crippen LogP contribution in [-0.4, -0.2) is 42.7 Å². The zero-order chi connectivity index (χ0) is 19.9. The lowest BCUT2D eigenvalue weighted by Gasteiger charge is -2.36. The molecule has 0 atom stereocenters. The molecule has 0 radical (unpaired) electrons. The van der Waals surface area contributed by atoms with Crippen molar-refractivity contribution in [3.05, 3.63) is 78.0 Å². The van der Waals surface area contributed by atoms with E-state index < -0.39 is 0 Å². The van der Waals surface area contributed by atoms with Gasteiger partial charge in [0, 0.05) is 50.2 Å². The molecule has 0 bridgehead atoms. The molecule has 29 heavy (non-hydrogen) atoms. The average Bonchev–Trinajstić information content (AvgIpc) is 2.78. The first-order chi connectivity index (χ1) is 14.3. The van der Waals surface area contributed by atoms with Crippen molar-refractivity contribution in [2.24, 2.45) is 0 Å². The number of para-hydroxylation sites is 1. The van der Waals surface area contributed by atoms with Crippen LogP contribution in [-0.2, 0) is 6.42 Å². The predicted molar refractivity (Wildman–Crippen MR) is 121 cm³/mol. The summed E-state index contributed by atoms with van der Waals surface area (Å²) in [4.78, 5) is 14.2. The first-order valence-electron chi connectivity index (χ1n) is 10.5. The highest BCUT2D eigenvalue weighted by Crippen LogP contribution is 2.19. The molecule has 0 unspecified atom stereocenters. The number of hydrogen-bond donors (Lipinski definition) is 1. The molecule has 1 aliphatic rings. The minimum atomic E-state index is 0.836. The zero-order valence-corrected chi connectivity index (χ0v) is 17.1. The quantitative estimate of drug-likeness (QED) is 0.617. The maximum absolute atomic E-state index is 4.78. The van der Waals surface area contributed by atoms with Crippen LogP contribution in [0.3, 0.4) is 0 Å². The summed E-state index contributed by atoms with van der Waals surface area (Å²) in [6.07, 6.45) is 2.16. The second-order valence-electron chi connectivity index (χ2n) is 7.52. The molecule has 2 aromatic carbocycles. The molecule has 0 amide bonds. The van der Waals surface area contributed by atoms with Gasteiger partial charge < -0.3 is 15.1 Å². The summed E-state index contributed by atoms with van der Waals surface area (Å²) < 4.78 is 0. The van der Waals surface area contributed by atoms with Gasteiger partial charge in [-0.1, -0.05) is 48.5 Å². The minimum Gasteiger partial charge on any atom is -0.370 e. The molecule has 0 saturated carbocycles. The van der Waals surface area contributed by atoms with Crippen LogP contribution in [0, 0.1) is 6.92 Å². The maximum atomic E-state index is 4.78. The largest absolute Gasteiger partial charge is 0.370 e. The second kappa shape index (κ2) is 9.41. The Labute approximate surface area is 173 Å². The number of nitrogens with one attached hydrogen (secondary N) is 1. The van der Waals surface area contributed by atoms with Gasteiger partial charge in [0.15, 0.2) is 0 Å². The molecule has 150 valence electrons. The van der Waals surface area contributed by atoms with E-state index in [-0.39, 0.29) is 0 Å². The van der Waals surface area contributed by atoms with Crippen LogP contribution in [0.1, 0.15) is 17.7 Å². The van der Waals surface area contributed by atoms with Crippen molar-refractivity contribution in [3.8, 4) is 0 Å². The van der Waals surface area contributed by atoms with E-state index in [2.05, 4.69) is 80.8 Å². The lowest BCUT2D eigenvalue weighted by molar-refractivity contribution is 0.639. The van der Waals surface area contributed by atoms with Crippen LogP contribution >= 0.6 is 0 Å². The summed E-state index contributed by atoms with van der Waals surface area (Å²) in [7, 11) is 0. The maximum Gasteiger partial charge on any atom is 0.227 e. The van der Waals surface area contributed by atoms with Gasteiger partial charge in [0.1, 0.15) is 5.82 Å². The highest BCUT2D eigenvalue weighted by atomic mass is 15.3. The van der Waals surface area contributed by atoms with Crippen LogP contribution < -0.4 is 15.1 Å². The molecule has 1 N–H and O–H groups in total. The Hall–Kier alpha value is -3.08. The third-order valence-electron chi connectivity index (χ3n) is 5.32. The van der Waals surface area contributed by atoms with Gasteiger partial charge in [-0.2, -0.15) is 4.98 Å². The molecule has 3 aromatic rings. The highest BCUT2D eigenvalue weighted by molar-refractivity contribution is 5.49. The first kappa shape index (κ1) is 19.2. The summed E-state index contributed by atoms with van der Waals surface area (Å²) in [5, 5.41) is 3.48. The van der Waals surface area contributed by atoms with Crippen LogP contribution in [0.25, 0.3) is 0 Å². The first-order valence-corrected chi connectivity index (χ1v) is 10.5. The number of nitrogens with zero attached hydrogens (tertiary/aromatic N) is 4. The Kier molecular flexibility index (Phi) is 6.25. The molecule has 1 aliphatic heterocycles. The third-order valence-corrected chi connectivity index (χ3v) is 5.32. The molecule has 1 saturated heterocycles. The number of piperazine rings is 1. The van der Waals surface area contributed by atoms with E-state index in [1.54, 1.807) is 0 Å². The summed E-state index contributed by atoms with van der Waals surface area (Å²) in [5.74, 6) is 1.76. The summed E-state index contributed by atoms with van der Waals surface area (Å²) >= 11 is 0. The molecular weight excluding hydrogens is 358 g/mol. The van der Waals surface area contributed by atoms with Crippen molar-refractivity contribution < 1.29 is 0 Å². The number of rotatable bonds is 7. The number of benzene rings is 2. The average molecular weight is 388 g/mol. The van der Waals surface area contributed by atoms with E-state index in [0.29, 0.717) is 0 Å². The van der Waals surface area contributed by atoms with Crippen molar-refractivity contribution in [1.29, 1.82) is 0 Å². The topological polar surface area (TPSA) is 44.3 Å². The normalized spacial score (nSPS) is 14.1. The Morgan fingerprint density at radius 2 is 1.48 bits per heavy atom. The van der Waals surface area contributed by atoms with Gasteiger partial charge >= 0.3 is 0 Å². The molecule has 5 heteroatoms. The lowest BCUT2D eigenvalue weighted by Crippen LogP contribution is -2.47. The highest BCUT2D eigenvalue weighted by Gasteiger charge is 2.19. The van der Waals surface area contributed by atoms with E-state index in [1.165, 1.54) is 11.3 Å². The SMILES string of the molecule is Cc1cc(NCCCc2ccccc2)nc(N2CCN(c3ccccc3)CC2)n1. The van der Waals surface area contributed by atoms with Crippen molar-refractivity contribution in [3.63, 3.8) is 0 Å². The van der Waals surface area contributed by atoms with Gasteiger partial charge in [-0.05, 0) is 37.5 Å². The molecule has 1 aromatic heterocycles. The second-order valence-corrected chi connectivity index (χ2v) is 7.52. The molecule has 0 aliphatic carbocycles. The molecule has 5 nitrogen and oxygen atoms in total. The van der Waals surface area contributed by atoms with Crippen molar-refractivity contribution >= 4 is 17.5 Å². The van der Waals surface area contributed by atoms with Gasteiger partial charge in [0.2, 0.25) is 5.95 Å². The minimum absolute atomic E-state index is 0.836. The molecular formula is C24H29N5. The van der Waals surface area contributed by atoms with E-state index in [1.807, 2.05) is 13.0 Å². The van der Waals surface area contributed by atoms with Gasteiger partial charge in [0.25, 0.3) is 0 Å². The fraction of sp³-hybridized carbons (Fsp3) is 0.333. The Bertz CT molecular complexity index is 890. The van der Waals surface area contributed by atoms with Crippen molar-refractivity contribution in [1.82, 2.24) is 9.97 Å². The van der Waals surface area contributed by atoms with E-state index in [0.717, 1.165) is 63.0 Å². The smallest absolute Gasteiger partial charge is 0.227 e. The van der Waals surface area contributed by atoms with Gasteiger partial charge in [-0.15, -0.1) is 0 Å². The zero-order valence-electron chi connectivity index (χ0n) is 17.1. The standard InChI is InChI=1S/C24H29N5/c1-20-19-23(25-14-8-11-21-9-4-2-5-10-21)27-24(26-20)29-17-15-28(16-18-29)22-12-6-3-7-13-22/h2-7,9-10,12-13,19H,8,11,14-18H2,1H3,(H,25,26,27). The Morgan fingerprint density at radius 3 is 2.21 bits per heavy atom. The summed E-state index contributed by atoms with van der Waals surface area (Å²) in [5.41, 5.74) is 3.68. The van der Waals surface area contributed by atoms with Crippen molar-refractivity contribution in [2.75, 3.05) is 47.8 Å². The fourth-order valence-electron chi connectivity index (χ4n) is 3.74. The summed E-state index contributed by atoms with van der Waals surface area (Å²) in [6.45, 7) is 6.80. The number of aryl methyl sites for hydroxylation is 2. The van der Waals surface area contributed by atoms with Crippen LogP contribution in [0.2, 0.25) is 0 Å². The third kappa shape index (κ3) is 5.25. The number of anilines is 3. The van der Waals surface area contributed by atoms with Crippen LogP contribution in [0.4, 0.5) is 17.5 Å². The van der Waals surface area contributed by atoms with Crippen molar-refractivity contribution in [2.45, 2.75) is 19.8 Å². The Morgan fingerprint density at radius 1 is 0.828 bits per heavy atom. The van der Waals surface area contributed by atoms with Gasteiger partial charge in [-0.3, -0.25) is 0 Å². The molecule has 0 spiro atoms. The molecule has 1 fully saturated rings. The predicted octanol–water partition coefficient (Wildman–Crippen LogP) is 4.16. The monoisotopic (exact) mass is 387 g/mol. The fourth-order valence-corrected chi connectivity index (χ4v) is 3.74. The van der Waals surface area contributed by atoms with Gasteiger partial charge in [0.05, 0.1) is 0 Å². The summed E-state index contributed by atoms with van der Waals surface area (Å²) in [6, 6.07) is 23.3.